The van der Waals surface area contributed by atoms with Crippen LogP contribution >= 0.6 is 0 Å². The molecule has 0 radical (unpaired) electrons. The number of para-hydroxylation sites is 1. The molecule has 3 aliphatic heterocycles. The minimum absolute atomic E-state index is 0.00215. The fraction of sp³-hybridized carbons (Fsp3) is 0.379. The van der Waals surface area contributed by atoms with Gasteiger partial charge in [-0.3, -0.25) is 0 Å². The Morgan fingerprint density at radius 1 is 0.677 bits per heavy atom. The molecule has 0 N–H and O–H groups in total. The number of allylic oxidation sites excluding steroid dienone is 3. The second-order valence-corrected chi connectivity index (χ2v) is 22.5. The Labute approximate surface area is 372 Å². The average molecular weight is 814 g/mol. The van der Waals surface area contributed by atoms with E-state index in [0.717, 1.165) is 6.42 Å². The van der Waals surface area contributed by atoms with Crippen LogP contribution in [0.3, 0.4) is 0 Å². The molecule has 1 fully saturated rings. The zero-order valence-corrected chi connectivity index (χ0v) is 39.1. The topological polar surface area (TPSA) is 9.72 Å². The van der Waals surface area contributed by atoms with Gasteiger partial charge in [-0.2, -0.15) is 0 Å². The lowest BCUT2D eigenvalue weighted by atomic mass is 9.32. The van der Waals surface area contributed by atoms with E-state index < -0.39 is 0 Å². The van der Waals surface area contributed by atoms with Crippen LogP contribution in [0.5, 0.6) is 0 Å². The van der Waals surface area contributed by atoms with E-state index in [2.05, 4.69) is 212 Å². The van der Waals surface area contributed by atoms with E-state index in [1.54, 1.807) is 5.56 Å². The number of hydrogen-bond donors (Lipinski definition) is 0. The number of rotatable bonds is 4. The highest BCUT2D eigenvalue weighted by Crippen LogP contribution is 2.64. The number of anilines is 6. The first-order valence-corrected chi connectivity index (χ1v) is 23.6. The maximum atomic E-state index is 2.92. The van der Waals surface area contributed by atoms with Crippen LogP contribution in [-0.2, 0) is 21.7 Å². The highest BCUT2D eigenvalue weighted by Gasteiger charge is 2.63. The molecule has 3 atom stereocenters. The van der Waals surface area contributed by atoms with Crippen LogP contribution in [0.1, 0.15) is 135 Å². The zero-order valence-electron chi connectivity index (χ0n) is 39.1. The minimum Gasteiger partial charge on any atom is -0.335 e. The lowest BCUT2D eigenvalue weighted by Gasteiger charge is -2.53. The van der Waals surface area contributed by atoms with Gasteiger partial charge in [-0.1, -0.05) is 166 Å². The fourth-order valence-electron chi connectivity index (χ4n) is 12.9. The third-order valence-corrected chi connectivity index (χ3v) is 16.5. The largest absolute Gasteiger partial charge is 0.335 e. The molecule has 3 nitrogen and oxygen atoms in total. The molecule has 0 saturated heterocycles. The maximum absolute atomic E-state index is 2.92. The van der Waals surface area contributed by atoms with Crippen molar-refractivity contribution in [2.45, 2.75) is 142 Å². The molecule has 62 heavy (non-hydrogen) atoms. The summed E-state index contributed by atoms with van der Waals surface area (Å²) in [6, 6.07) is 38.6. The predicted molar refractivity (Wildman–Crippen MR) is 267 cm³/mol. The number of fused-ring (bicyclic) bond motifs is 8. The van der Waals surface area contributed by atoms with Crippen molar-refractivity contribution >= 4 is 57.2 Å². The molecular weight excluding hydrogens is 749 g/mol. The summed E-state index contributed by atoms with van der Waals surface area (Å²) in [5.41, 5.74) is 22.1. The normalized spacial score (nSPS) is 23.9. The highest BCUT2D eigenvalue weighted by atomic mass is 15.3. The van der Waals surface area contributed by atoms with E-state index >= 15 is 0 Å². The summed E-state index contributed by atoms with van der Waals surface area (Å²) in [5, 5.41) is 0. The first kappa shape index (κ1) is 39.6. The molecule has 0 bridgehead atoms. The van der Waals surface area contributed by atoms with Crippen molar-refractivity contribution in [1.29, 1.82) is 0 Å². The van der Waals surface area contributed by atoms with E-state index in [0.29, 0.717) is 0 Å². The van der Waals surface area contributed by atoms with Crippen LogP contribution in [0, 0.1) is 6.92 Å². The van der Waals surface area contributed by atoms with E-state index in [1.807, 2.05) is 0 Å². The minimum atomic E-state index is -0.251. The molecule has 1 saturated carbocycles. The summed E-state index contributed by atoms with van der Waals surface area (Å²) in [6.07, 6.45) is 15.1. The van der Waals surface area contributed by atoms with Gasteiger partial charge in [0.25, 0.3) is 6.71 Å². The molecule has 4 heteroatoms. The highest BCUT2D eigenvalue weighted by molar-refractivity contribution is 7.03. The smallest absolute Gasteiger partial charge is 0.252 e. The van der Waals surface area contributed by atoms with Crippen molar-refractivity contribution in [3.63, 3.8) is 0 Å². The Hall–Kier alpha value is -5.22. The van der Waals surface area contributed by atoms with Crippen molar-refractivity contribution in [3.05, 3.63) is 160 Å². The molecule has 11 rings (SSSR count). The monoisotopic (exact) mass is 814 g/mol. The average Bonchev–Trinajstić information content (AvgIpc) is 3.60. The number of nitrogens with zero attached hydrogens (tertiary/aromatic N) is 3. The van der Waals surface area contributed by atoms with Gasteiger partial charge in [-0.15, -0.1) is 0 Å². The summed E-state index contributed by atoms with van der Waals surface area (Å²) in [7, 11) is 0. The first-order valence-electron chi connectivity index (χ1n) is 23.6. The Morgan fingerprint density at radius 3 is 2.10 bits per heavy atom. The first-order chi connectivity index (χ1) is 29.4. The van der Waals surface area contributed by atoms with Crippen molar-refractivity contribution in [2.24, 2.45) is 0 Å². The molecule has 314 valence electrons. The Balaban J connectivity index is 1.31. The van der Waals surface area contributed by atoms with Crippen molar-refractivity contribution in [1.82, 2.24) is 0 Å². The number of aryl methyl sites for hydroxylation is 1. The molecular formula is C58H64BN3. The summed E-state index contributed by atoms with van der Waals surface area (Å²) in [6.45, 7) is 27.0. The van der Waals surface area contributed by atoms with Crippen LogP contribution in [0.25, 0.3) is 5.47 Å². The van der Waals surface area contributed by atoms with Crippen LogP contribution < -0.4 is 25.6 Å². The van der Waals surface area contributed by atoms with Gasteiger partial charge in [0.05, 0.1) is 11.6 Å². The molecule has 3 unspecified atom stereocenters. The lowest BCUT2D eigenvalue weighted by molar-refractivity contribution is 0.195. The van der Waals surface area contributed by atoms with Crippen LogP contribution in [0.15, 0.2) is 127 Å². The van der Waals surface area contributed by atoms with Gasteiger partial charge in [-0.25, -0.2) is 0 Å². The third-order valence-electron chi connectivity index (χ3n) is 16.5. The van der Waals surface area contributed by atoms with Gasteiger partial charge in [0.2, 0.25) is 0 Å². The molecule has 0 amide bonds. The SMILES string of the molecule is Cc1cc(C(C)(C)C)ccc1N1C2=C(B3c4cc(C(C)(C)C)cc5c4N(c4cc(N(c6ccccc6)C6C=CC=CC6)cc1c43)C1(C)CCCCC51C)c1ccccc1C2(C)C. The van der Waals surface area contributed by atoms with Crippen LogP contribution in [-0.4, -0.2) is 18.3 Å². The summed E-state index contributed by atoms with van der Waals surface area (Å²) in [4.78, 5) is 8.32. The Bertz CT molecular complexity index is 2790. The van der Waals surface area contributed by atoms with E-state index in [9.17, 15) is 0 Å². The molecule has 3 aliphatic carbocycles. The van der Waals surface area contributed by atoms with E-state index in [1.165, 1.54) is 110 Å². The van der Waals surface area contributed by atoms with Gasteiger partial charge >= 0.3 is 0 Å². The number of hydrogen-bond acceptors (Lipinski definition) is 3. The Morgan fingerprint density at radius 2 is 1.39 bits per heavy atom. The predicted octanol–water partition coefficient (Wildman–Crippen LogP) is 13.7. The van der Waals surface area contributed by atoms with Crippen LogP contribution in [0.2, 0.25) is 0 Å². The van der Waals surface area contributed by atoms with E-state index in [4.69, 9.17) is 0 Å². The second kappa shape index (κ2) is 13.2. The van der Waals surface area contributed by atoms with E-state index in [-0.39, 0.29) is 40.0 Å². The van der Waals surface area contributed by atoms with Crippen molar-refractivity contribution < 1.29 is 0 Å². The summed E-state index contributed by atoms with van der Waals surface area (Å²) >= 11 is 0. The quantitative estimate of drug-likeness (QED) is 0.167. The molecule has 5 aromatic carbocycles. The molecule has 5 aromatic rings. The maximum Gasteiger partial charge on any atom is 0.252 e. The fourth-order valence-corrected chi connectivity index (χ4v) is 12.9. The van der Waals surface area contributed by atoms with Gasteiger partial charge in [0, 0.05) is 50.7 Å². The van der Waals surface area contributed by atoms with Crippen molar-refractivity contribution in [2.75, 3.05) is 14.7 Å². The molecule has 0 spiro atoms. The van der Waals surface area contributed by atoms with Gasteiger partial charge in [0.1, 0.15) is 0 Å². The molecule has 0 aromatic heterocycles. The zero-order chi connectivity index (χ0) is 43.3. The lowest BCUT2D eigenvalue weighted by Crippen LogP contribution is -2.61. The second-order valence-electron chi connectivity index (χ2n) is 22.5. The standard InChI is InChI=1S/C58H64BN3/c1-37-32-38(54(2,3)4)28-29-47(37)61-48-35-42(60(40-22-14-12-15-23-40)41-24-16-13-17-25-41)36-49-51(48)59(50-43-26-18-19-27-44(43)56(8,9)53(50)61)46-34-39(55(5,6)7)33-45-52(46)62(49)58(11)31-21-20-30-57(45,58)10/h12-19,22-24,26-29,32-36,41H,20-21,25,30-31H2,1-11H3. The molecule has 3 heterocycles. The summed E-state index contributed by atoms with van der Waals surface area (Å²) in [5.74, 6) is 0. The molecule has 6 aliphatic rings. The Kier molecular flexibility index (Phi) is 8.41. The van der Waals surface area contributed by atoms with Gasteiger partial charge in [-0.05, 0) is 124 Å². The van der Waals surface area contributed by atoms with Crippen LogP contribution in [0.4, 0.5) is 34.1 Å². The summed E-state index contributed by atoms with van der Waals surface area (Å²) < 4.78 is 0. The number of benzene rings is 5. The third kappa shape index (κ3) is 5.31. The van der Waals surface area contributed by atoms with Gasteiger partial charge < -0.3 is 14.7 Å². The van der Waals surface area contributed by atoms with Crippen molar-refractivity contribution in [3.8, 4) is 0 Å². The van der Waals surface area contributed by atoms with Gasteiger partial charge in [0.15, 0.2) is 0 Å².